The average Bonchev–Trinajstić information content (AvgIpc) is 2.49. The van der Waals surface area contributed by atoms with Crippen molar-refractivity contribution in [2.45, 2.75) is 6.54 Å². The van der Waals surface area contributed by atoms with E-state index in [0.29, 0.717) is 12.2 Å². The molecule has 0 aliphatic rings. The zero-order valence-corrected chi connectivity index (χ0v) is 9.59. The molecule has 1 heterocycles. The molecule has 0 saturated carbocycles. The largest absolute Gasteiger partial charge is 0.399 e. The van der Waals surface area contributed by atoms with E-state index in [2.05, 4.69) is 4.98 Å². The lowest BCUT2D eigenvalue weighted by Gasteiger charge is -2.00. The Hall–Kier alpha value is -0.970. The molecule has 0 bridgehead atoms. The predicted molar refractivity (Wildman–Crippen MR) is 65.7 cm³/mol. The highest BCUT2D eigenvalue weighted by molar-refractivity contribution is 5.85. The van der Waals surface area contributed by atoms with Crippen LogP contribution < -0.4 is 5.73 Å². The second-order valence-electron chi connectivity index (χ2n) is 2.91. The molecule has 2 aromatic rings. The maximum Gasteiger partial charge on any atom is 0.0959 e. The highest BCUT2D eigenvalue weighted by atomic mass is 35.5. The number of aliphatic hydroxyl groups excluding tert-OH is 1. The fraction of sp³-hybridized carbons (Fsp3) is 0.222. The molecule has 3 N–H and O–H groups in total. The second kappa shape index (κ2) is 5.80. The Bertz CT molecular complexity index is 430. The number of benzene rings is 1. The highest BCUT2D eigenvalue weighted by Crippen LogP contribution is 2.15. The minimum Gasteiger partial charge on any atom is -0.399 e. The molecule has 84 valence electrons. The number of rotatable bonds is 2. The van der Waals surface area contributed by atoms with Gasteiger partial charge in [0.2, 0.25) is 0 Å². The summed E-state index contributed by atoms with van der Waals surface area (Å²) in [5, 5.41) is 8.78. The first kappa shape index (κ1) is 14.0. The maximum atomic E-state index is 8.78. The summed E-state index contributed by atoms with van der Waals surface area (Å²) in [7, 11) is 0. The molecule has 0 aliphatic heterocycles. The van der Waals surface area contributed by atoms with Crippen LogP contribution in [0.25, 0.3) is 11.0 Å². The number of nitrogen functional groups attached to an aromatic ring is 1. The van der Waals surface area contributed by atoms with E-state index in [0.717, 1.165) is 11.0 Å². The van der Waals surface area contributed by atoms with Gasteiger partial charge in [-0.15, -0.1) is 24.8 Å². The molecule has 6 heteroatoms. The Labute approximate surface area is 99.9 Å². The van der Waals surface area contributed by atoms with Crippen molar-refractivity contribution in [2.24, 2.45) is 0 Å². The van der Waals surface area contributed by atoms with Crippen molar-refractivity contribution in [3.8, 4) is 0 Å². The summed E-state index contributed by atoms with van der Waals surface area (Å²) in [6.07, 6.45) is 1.71. The third kappa shape index (κ3) is 2.75. The van der Waals surface area contributed by atoms with Crippen molar-refractivity contribution in [1.29, 1.82) is 0 Å². The predicted octanol–water partition coefficient (Wildman–Crippen LogP) is 1.45. The Balaban J connectivity index is 0.000000980. The number of imidazole rings is 1. The van der Waals surface area contributed by atoms with Crippen LogP contribution in [0.2, 0.25) is 0 Å². The van der Waals surface area contributed by atoms with E-state index in [4.69, 9.17) is 10.8 Å². The number of halogens is 2. The molecule has 1 aromatic heterocycles. The molecule has 0 amide bonds. The number of anilines is 1. The first-order chi connectivity index (χ1) is 6.31. The van der Waals surface area contributed by atoms with Gasteiger partial charge in [-0.05, 0) is 18.2 Å². The molecular weight excluding hydrogens is 237 g/mol. The normalized spacial score (nSPS) is 9.40. The van der Waals surface area contributed by atoms with Gasteiger partial charge in [-0.2, -0.15) is 0 Å². The van der Waals surface area contributed by atoms with Crippen LogP contribution in [0.1, 0.15) is 0 Å². The fourth-order valence-electron chi connectivity index (χ4n) is 1.37. The Morgan fingerprint density at radius 1 is 1.33 bits per heavy atom. The van der Waals surface area contributed by atoms with Crippen molar-refractivity contribution in [1.82, 2.24) is 9.55 Å². The average molecular weight is 250 g/mol. The summed E-state index contributed by atoms with van der Waals surface area (Å²) in [6, 6.07) is 5.56. The molecule has 15 heavy (non-hydrogen) atoms. The van der Waals surface area contributed by atoms with Crippen LogP contribution >= 0.6 is 24.8 Å². The van der Waals surface area contributed by atoms with E-state index in [1.54, 1.807) is 6.33 Å². The van der Waals surface area contributed by atoms with Crippen molar-refractivity contribution in [2.75, 3.05) is 12.3 Å². The van der Waals surface area contributed by atoms with Crippen LogP contribution in [0.15, 0.2) is 24.5 Å². The summed E-state index contributed by atoms with van der Waals surface area (Å²) in [5.41, 5.74) is 8.19. The molecule has 4 nitrogen and oxygen atoms in total. The molecule has 0 fully saturated rings. The summed E-state index contributed by atoms with van der Waals surface area (Å²) in [6.45, 7) is 0.691. The van der Waals surface area contributed by atoms with Gasteiger partial charge < -0.3 is 15.4 Å². The molecule has 0 atom stereocenters. The number of nitrogens with zero attached hydrogens (tertiary/aromatic N) is 2. The Morgan fingerprint density at radius 2 is 2.07 bits per heavy atom. The zero-order valence-electron chi connectivity index (χ0n) is 7.96. The zero-order chi connectivity index (χ0) is 9.26. The van der Waals surface area contributed by atoms with Gasteiger partial charge in [-0.3, -0.25) is 0 Å². The van der Waals surface area contributed by atoms with E-state index in [1.807, 2.05) is 22.8 Å². The van der Waals surface area contributed by atoms with Crippen LogP contribution in [0.3, 0.4) is 0 Å². The van der Waals surface area contributed by atoms with Crippen molar-refractivity contribution >= 4 is 41.5 Å². The van der Waals surface area contributed by atoms with Crippen LogP contribution in [0, 0.1) is 0 Å². The van der Waals surface area contributed by atoms with Crippen LogP contribution in [-0.4, -0.2) is 21.3 Å². The summed E-state index contributed by atoms with van der Waals surface area (Å²) in [4.78, 5) is 4.17. The van der Waals surface area contributed by atoms with Crippen LogP contribution in [-0.2, 0) is 6.54 Å². The monoisotopic (exact) mass is 249 g/mol. The first-order valence-corrected chi connectivity index (χ1v) is 4.12. The van der Waals surface area contributed by atoms with Gasteiger partial charge >= 0.3 is 0 Å². The van der Waals surface area contributed by atoms with Crippen LogP contribution in [0.4, 0.5) is 5.69 Å². The molecule has 0 aliphatic carbocycles. The van der Waals surface area contributed by atoms with Gasteiger partial charge in [0, 0.05) is 12.2 Å². The maximum absolute atomic E-state index is 8.78. The molecular formula is C9H13Cl2N3O. The number of aliphatic hydroxyl groups is 1. The molecule has 0 spiro atoms. The van der Waals surface area contributed by atoms with E-state index in [9.17, 15) is 0 Å². The topological polar surface area (TPSA) is 64.1 Å². The molecule has 2 rings (SSSR count). The lowest BCUT2D eigenvalue weighted by Crippen LogP contribution is -1.99. The Morgan fingerprint density at radius 3 is 2.73 bits per heavy atom. The summed E-state index contributed by atoms with van der Waals surface area (Å²) < 4.78 is 1.90. The lowest BCUT2D eigenvalue weighted by atomic mass is 10.3. The number of nitrogens with two attached hydrogens (primary N) is 1. The summed E-state index contributed by atoms with van der Waals surface area (Å²) >= 11 is 0. The molecule has 0 saturated heterocycles. The Kier molecular flexibility index (Phi) is 5.43. The summed E-state index contributed by atoms with van der Waals surface area (Å²) in [5.74, 6) is 0. The minimum atomic E-state index is 0. The van der Waals surface area contributed by atoms with Gasteiger partial charge in [0.15, 0.2) is 0 Å². The first-order valence-electron chi connectivity index (χ1n) is 4.12. The van der Waals surface area contributed by atoms with E-state index >= 15 is 0 Å². The van der Waals surface area contributed by atoms with E-state index in [-0.39, 0.29) is 31.4 Å². The van der Waals surface area contributed by atoms with Gasteiger partial charge in [-0.1, -0.05) is 0 Å². The van der Waals surface area contributed by atoms with Gasteiger partial charge in [-0.25, -0.2) is 4.98 Å². The standard InChI is InChI=1S/C9H11N3O.2ClH/c10-7-1-2-9-8(5-7)11-6-12(9)3-4-13;;/h1-2,5-6,13H,3-4,10H2;2*1H. The number of aromatic nitrogens is 2. The number of fused-ring (bicyclic) bond motifs is 1. The quantitative estimate of drug-likeness (QED) is 0.793. The molecule has 1 aromatic carbocycles. The van der Waals surface area contributed by atoms with E-state index < -0.39 is 0 Å². The molecule has 0 unspecified atom stereocenters. The fourth-order valence-corrected chi connectivity index (χ4v) is 1.37. The van der Waals surface area contributed by atoms with Gasteiger partial charge in [0.05, 0.1) is 24.0 Å². The van der Waals surface area contributed by atoms with Crippen LogP contribution in [0.5, 0.6) is 0 Å². The SMILES string of the molecule is Cl.Cl.Nc1ccc2c(c1)ncn2CCO. The third-order valence-corrected chi connectivity index (χ3v) is 1.99. The number of hydrogen-bond acceptors (Lipinski definition) is 3. The van der Waals surface area contributed by atoms with Crippen molar-refractivity contribution in [3.63, 3.8) is 0 Å². The smallest absolute Gasteiger partial charge is 0.0959 e. The second-order valence-corrected chi connectivity index (χ2v) is 2.91. The lowest BCUT2D eigenvalue weighted by molar-refractivity contribution is 0.278. The van der Waals surface area contributed by atoms with Gasteiger partial charge in [0.25, 0.3) is 0 Å². The van der Waals surface area contributed by atoms with Gasteiger partial charge in [0.1, 0.15) is 0 Å². The van der Waals surface area contributed by atoms with Crippen molar-refractivity contribution < 1.29 is 5.11 Å². The number of hydrogen-bond donors (Lipinski definition) is 2. The molecule has 0 radical (unpaired) electrons. The van der Waals surface area contributed by atoms with E-state index in [1.165, 1.54) is 0 Å². The van der Waals surface area contributed by atoms with Crippen molar-refractivity contribution in [3.05, 3.63) is 24.5 Å². The third-order valence-electron chi connectivity index (χ3n) is 1.99. The minimum absolute atomic E-state index is 0. The highest BCUT2D eigenvalue weighted by Gasteiger charge is 2.00.